The number of halogens is 3. The molecule has 1 saturated carbocycles. The third kappa shape index (κ3) is 5.36. The van der Waals surface area contributed by atoms with Gasteiger partial charge in [-0.2, -0.15) is 13.2 Å². The number of guanidine groups is 1. The first kappa shape index (κ1) is 20.4. The van der Waals surface area contributed by atoms with Gasteiger partial charge >= 0.3 is 6.18 Å². The number of aliphatic imine (C=N–C) groups is 1. The first-order valence-electron chi connectivity index (χ1n) is 9.87. The maximum atomic E-state index is 13.0. The molecule has 0 radical (unpaired) electrons. The summed E-state index contributed by atoms with van der Waals surface area (Å²) in [4.78, 5) is 4.53. The number of pyridine rings is 1. The van der Waals surface area contributed by atoms with Crippen molar-refractivity contribution in [3.63, 3.8) is 0 Å². The second kappa shape index (κ2) is 9.25. The van der Waals surface area contributed by atoms with Gasteiger partial charge in [-0.15, -0.1) is 10.2 Å². The van der Waals surface area contributed by atoms with Gasteiger partial charge in [-0.1, -0.05) is 12.5 Å². The summed E-state index contributed by atoms with van der Waals surface area (Å²) < 4.78 is 41.0. The maximum Gasteiger partial charge on any atom is 0.391 e. The van der Waals surface area contributed by atoms with E-state index in [-0.39, 0.29) is 18.9 Å². The molecule has 3 rings (SSSR count). The average Bonchev–Trinajstić information content (AvgIpc) is 3.08. The number of fused-ring (bicyclic) bond motifs is 1. The third-order valence-electron chi connectivity index (χ3n) is 5.03. The van der Waals surface area contributed by atoms with Gasteiger partial charge in [0, 0.05) is 31.7 Å². The Morgan fingerprint density at radius 2 is 2.14 bits per heavy atom. The first-order valence-corrected chi connectivity index (χ1v) is 9.87. The van der Waals surface area contributed by atoms with Crippen molar-refractivity contribution in [3.05, 3.63) is 30.2 Å². The van der Waals surface area contributed by atoms with E-state index in [1.807, 2.05) is 35.7 Å². The number of aryl methyl sites for hydroxylation is 1. The fourth-order valence-electron chi connectivity index (χ4n) is 3.62. The van der Waals surface area contributed by atoms with Gasteiger partial charge in [0.05, 0.1) is 5.92 Å². The number of rotatable bonds is 6. The van der Waals surface area contributed by atoms with E-state index in [1.54, 1.807) is 0 Å². The van der Waals surface area contributed by atoms with Crippen LogP contribution in [-0.4, -0.2) is 45.9 Å². The van der Waals surface area contributed by atoms with Crippen LogP contribution in [0.4, 0.5) is 13.2 Å². The highest BCUT2D eigenvalue weighted by Gasteiger charge is 2.42. The van der Waals surface area contributed by atoms with Crippen LogP contribution >= 0.6 is 0 Å². The van der Waals surface area contributed by atoms with Crippen molar-refractivity contribution in [1.82, 2.24) is 25.2 Å². The Balaban J connectivity index is 1.52. The van der Waals surface area contributed by atoms with Crippen LogP contribution in [0.3, 0.4) is 0 Å². The second-order valence-electron chi connectivity index (χ2n) is 7.16. The van der Waals surface area contributed by atoms with E-state index in [0.29, 0.717) is 25.5 Å². The lowest BCUT2D eigenvalue weighted by atomic mass is 9.85. The van der Waals surface area contributed by atoms with Crippen LogP contribution in [0, 0.1) is 5.92 Å². The molecule has 2 heterocycles. The van der Waals surface area contributed by atoms with Crippen LogP contribution in [0.25, 0.3) is 5.65 Å². The molecular formula is C19H27F3N6. The lowest BCUT2D eigenvalue weighted by Crippen LogP contribution is -2.46. The van der Waals surface area contributed by atoms with Crippen molar-refractivity contribution in [2.75, 3.05) is 13.1 Å². The van der Waals surface area contributed by atoms with Gasteiger partial charge < -0.3 is 10.6 Å². The minimum atomic E-state index is -4.11. The number of nitrogens with one attached hydrogen (secondary N) is 2. The van der Waals surface area contributed by atoms with E-state index in [0.717, 1.165) is 30.7 Å². The first-order chi connectivity index (χ1) is 13.5. The van der Waals surface area contributed by atoms with Gasteiger partial charge in [0.1, 0.15) is 5.82 Å². The molecule has 2 aromatic rings. The summed E-state index contributed by atoms with van der Waals surface area (Å²) in [5.41, 5.74) is 0.813. The SMILES string of the molecule is CCNC(=NCCCc1nnc2ccccn12)NC1CCCC(C(F)(F)F)C1. The highest BCUT2D eigenvalue weighted by atomic mass is 19.4. The Morgan fingerprint density at radius 3 is 2.93 bits per heavy atom. The van der Waals surface area contributed by atoms with Crippen LogP contribution in [0.5, 0.6) is 0 Å². The molecule has 0 aliphatic heterocycles. The van der Waals surface area contributed by atoms with Crippen molar-refractivity contribution in [3.8, 4) is 0 Å². The van der Waals surface area contributed by atoms with E-state index in [2.05, 4.69) is 25.8 Å². The predicted octanol–water partition coefficient (Wildman–Crippen LogP) is 3.34. The second-order valence-corrected chi connectivity index (χ2v) is 7.16. The van der Waals surface area contributed by atoms with Crippen molar-refractivity contribution < 1.29 is 13.2 Å². The summed E-state index contributed by atoms with van der Waals surface area (Å²) in [7, 11) is 0. The Labute approximate surface area is 162 Å². The largest absolute Gasteiger partial charge is 0.391 e. The maximum absolute atomic E-state index is 13.0. The van der Waals surface area contributed by atoms with Crippen molar-refractivity contribution in [2.45, 2.75) is 57.7 Å². The number of alkyl halides is 3. The highest BCUT2D eigenvalue weighted by molar-refractivity contribution is 5.80. The summed E-state index contributed by atoms with van der Waals surface area (Å²) in [6, 6.07) is 5.56. The summed E-state index contributed by atoms with van der Waals surface area (Å²) >= 11 is 0. The standard InChI is InChI=1S/C19H27F3N6/c1-2-23-18(25-15-8-5-7-14(13-15)19(20,21)22)24-11-6-10-17-27-26-16-9-3-4-12-28(16)17/h3-4,9,12,14-15H,2,5-8,10-11,13H2,1H3,(H2,23,24,25). The van der Waals surface area contributed by atoms with Crippen LogP contribution in [0.2, 0.25) is 0 Å². The van der Waals surface area contributed by atoms with Crippen LogP contribution < -0.4 is 10.6 Å². The normalized spacial score (nSPS) is 21.1. The molecule has 1 aliphatic carbocycles. The van der Waals surface area contributed by atoms with E-state index >= 15 is 0 Å². The van der Waals surface area contributed by atoms with E-state index < -0.39 is 12.1 Å². The molecule has 1 aliphatic rings. The number of hydrogen-bond acceptors (Lipinski definition) is 3. The fraction of sp³-hybridized carbons (Fsp3) is 0.632. The number of hydrogen-bond donors (Lipinski definition) is 2. The molecule has 28 heavy (non-hydrogen) atoms. The van der Waals surface area contributed by atoms with Crippen molar-refractivity contribution in [1.29, 1.82) is 0 Å². The summed E-state index contributed by atoms with van der Waals surface area (Å²) in [6.07, 6.45) is 0.984. The zero-order chi connectivity index (χ0) is 20.0. The number of nitrogens with zero attached hydrogens (tertiary/aromatic N) is 4. The van der Waals surface area contributed by atoms with E-state index in [4.69, 9.17) is 0 Å². The molecule has 0 saturated heterocycles. The smallest absolute Gasteiger partial charge is 0.357 e. The number of aromatic nitrogens is 3. The van der Waals surface area contributed by atoms with E-state index in [9.17, 15) is 13.2 Å². The molecule has 154 valence electrons. The van der Waals surface area contributed by atoms with Crippen LogP contribution in [0.15, 0.2) is 29.4 Å². The van der Waals surface area contributed by atoms with Gasteiger partial charge in [0.25, 0.3) is 0 Å². The molecule has 2 atom stereocenters. The molecular weight excluding hydrogens is 369 g/mol. The van der Waals surface area contributed by atoms with Crippen molar-refractivity contribution >= 4 is 11.6 Å². The molecule has 6 nitrogen and oxygen atoms in total. The molecule has 0 spiro atoms. The molecule has 2 unspecified atom stereocenters. The molecule has 0 aromatic carbocycles. The van der Waals surface area contributed by atoms with Gasteiger partial charge in [0.2, 0.25) is 0 Å². The topological polar surface area (TPSA) is 66.6 Å². The van der Waals surface area contributed by atoms with Gasteiger partial charge in [-0.25, -0.2) is 0 Å². The lowest BCUT2D eigenvalue weighted by molar-refractivity contribution is -0.183. The minimum Gasteiger partial charge on any atom is -0.357 e. The third-order valence-corrected chi connectivity index (χ3v) is 5.03. The average molecular weight is 396 g/mol. The van der Waals surface area contributed by atoms with Crippen molar-refractivity contribution in [2.24, 2.45) is 10.9 Å². The Bertz CT molecular complexity index is 785. The molecule has 2 aromatic heterocycles. The zero-order valence-electron chi connectivity index (χ0n) is 16.0. The summed E-state index contributed by atoms with van der Waals surface area (Å²) in [5, 5.41) is 14.6. The predicted molar refractivity (Wildman–Crippen MR) is 102 cm³/mol. The highest BCUT2D eigenvalue weighted by Crippen LogP contribution is 2.37. The summed E-state index contributed by atoms with van der Waals surface area (Å²) in [5.74, 6) is 0.244. The van der Waals surface area contributed by atoms with Gasteiger partial charge in [0.15, 0.2) is 11.6 Å². The molecule has 0 amide bonds. The summed E-state index contributed by atoms with van der Waals surface area (Å²) in [6.45, 7) is 3.17. The monoisotopic (exact) mass is 396 g/mol. The van der Waals surface area contributed by atoms with Gasteiger partial charge in [-0.3, -0.25) is 9.39 Å². The van der Waals surface area contributed by atoms with Crippen LogP contribution in [-0.2, 0) is 6.42 Å². The molecule has 2 N–H and O–H groups in total. The molecule has 0 bridgehead atoms. The quantitative estimate of drug-likeness (QED) is 0.447. The molecule has 1 fully saturated rings. The minimum absolute atomic E-state index is 0.111. The van der Waals surface area contributed by atoms with E-state index in [1.165, 1.54) is 0 Å². The van der Waals surface area contributed by atoms with Crippen LogP contribution in [0.1, 0.15) is 44.9 Å². The fourth-order valence-corrected chi connectivity index (χ4v) is 3.62. The Hall–Kier alpha value is -2.32. The Kier molecular flexibility index (Phi) is 6.74. The molecule has 9 heteroatoms. The Morgan fingerprint density at radius 1 is 1.29 bits per heavy atom. The van der Waals surface area contributed by atoms with Gasteiger partial charge in [-0.05, 0) is 44.7 Å². The zero-order valence-corrected chi connectivity index (χ0v) is 16.0. The lowest BCUT2D eigenvalue weighted by Gasteiger charge is -2.31.